The molecule has 25 heavy (non-hydrogen) atoms. The van der Waals surface area contributed by atoms with Gasteiger partial charge in [-0.2, -0.15) is 4.98 Å². The van der Waals surface area contributed by atoms with Crippen LogP contribution in [-0.2, 0) is 11.3 Å². The standard InChI is InChI=1S/C18H18FN3O3/c1-3-23-12(2)18-21-17(25-22-18)11-24-15-7-8-20-16(10-15)13-5-4-6-14(19)9-13/h4-10,12H,3,11H2,1-2H3/t12-/m1/s1. The Labute approximate surface area is 144 Å². The molecule has 0 aliphatic rings. The van der Waals surface area contributed by atoms with E-state index in [9.17, 15) is 4.39 Å². The summed E-state index contributed by atoms with van der Waals surface area (Å²) < 4.78 is 29.6. The van der Waals surface area contributed by atoms with Gasteiger partial charge in [0.15, 0.2) is 12.4 Å². The van der Waals surface area contributed by atoms with Crippen LogP contribution in [0.4, 0.5) is 4.39 Å². The van der Waals surface area contributed by atoms with Crippen molar-refractivity contribution in [2.75, 3.05) is 6.61 Å². The molecular formula is C18H18FN3O3. The predicted molar refractivity (Wildman–Crippen MR) is 88.3 cm³/mol. The Morgan fingerprint density at radius 1 is 1.24 bits per heavy atom. The van der Waals surface area contributed by atoms with E-state index in [0.29, 0.717) is 35.3 Å². The molecule has 0 saturated carbocycles. The smallest absolute Gasteiger partial charge is 0.264 e. The largest absolute Gasteiger partial charge is 0.484 e. The molecule has 0 unspecified atom stereocenters. The van der Waals surface area contributed by atoms with E-state index >= 15 is 0 Å². The van der Waals surface area contributed by atoms with E-state index in [-0.39, 0.29) is 18.5 Å². The number of ether oxygens (including phenoxy) is 2. The fourth-order valence-electron chi connectivity index (χ4n) is 2.27. The lowest BCUT2D eigenvalue weighted by molar-refractivity contribution is 0.0683. The molecule has 0 spiro atoms. The lowest BCUT2D eigenvalue weighted by Crippen LogP contribution is -2.02. The molecule has 1 aromatic carbocycles. The first kappa shape index (κ1) is 17.0. The van der Waals surface area contributed by atoms with Gasteiger partial charge >= 0.3 is 0 Å². The number of benzene rings is 1. The van der Waals surface area contributed by atoms with Crippen molar-refractivity contribution in [1.29, 1.82) is 0 Å². The second-order valence-electron chi connectivity index (χ2n) is 5.32. The van der Waals surface area contributed by atoms with Crippen LogP contribution in [0.15, 0.2) is 47.1 Å². The van der Waals surface area contributed by atoms with Gasteiger partial charge in [-0.1, -0.05) is 17.3 Å². The minimum Gasteiger partial charge on any atom is -0.484 e. The highest BCUT2D eigenvalue weighted by Crippen LogP contribution is 2.22. The maximum atomic E-state index is 13.3. The molecule has 6 nitrogen and oxygen atoms in total. The first-order valence-corrected chi connectivity index (χ1v) is 7.94. The van der Waals surface area contributed by atoms with Crippen molar-refractivity contribution >= 4 is 0 Å². The van der Waals surface area contributed by atoms with Gasteiger partial charge < -0.3 is 14.0 Å². The molecular weight excluding hydrogens is 325 g/mol. The van der Waals surface area contributed by atoms with Crippen LogP contribution in [0.2, 0.25) is 0 Å². The lowest BCUT2D eigenvalue weighted by atomic mass is 10.1. The topological polar surface area (TPSA) is 70.3 Å². The molecule has 3 rings (SSSR count). The van der Waals surface area contributed by atoms with Crippen molar-refractivity contribution in [2.24, 2.45) is 0 Å². The van der Waals surface area contributed by atoms with Crippen molar-refractivity contribution in [3.63, 3.8) is 0 Å². The number of hydrogen-bond acceptors (Lipinski definition) is 6. The van der Waals surface area contributed by atoms with Crippen molar-refractivity contribution in [3.05, 3.63) is 60.1 Å². The van der Waals surface area contributed by atoms with Gasteiger partial charge in [0.2, 0.25) is 0 Å². The molecule has 130 valence electrons. The highest BCUT2D eigenvalue weighted by Gasteiger charge is 2.14. The minimum absolute atomic E-state index is 0.123. The van der Waals surface area contributed by atoms with Crippen LogP contribution in [0, 0.1) is 5.82 Å². The molecule has 0 aliphatic heterocycles. The maximum absolute atomic E-state index is 13.3. The van der Waals surface area contributed by atoms with Gasteiger partial charge in [-0.15, -0.1) is 0 Å². The summed E-state index contributed by atoms with van der Waals surface area (Å²) in [5, 5.41) is 3.88. The summed E-state index contributed by atoms with van der Waals surface area (Å²) in [4.78, 5) is 8.48. The molecule has 0 radical (unpaired) electrons. The molecule has 0 N–H and O–H groups in total. The van der Waals surface area contributed by atoms with Crippen LogP contribution < -0.4 is 4.74 Å². The van der Waals surface area contributed by atoms with Crippen LogP contribution >= 0.6 is 0 Å². The summed E-state index contributed by atoms with van der Waals surface area (Å²) >= 11 is 0. The zero-order valence-corrected chi connectivity index (χ0v) is 14.0. The van der Waals surface area contributed by atoms with E-state index in [2.05, 4.69) is 15.1 Å². The highest BCUT2D eigenvalue weighted by atomic mass is 19.1. The van der Waals surface area contributed by atoms with E-state index in [1.807, 2.05) is 13.8 Å². The van der Waals surface area contributed by atoms with Crippen LogP contribution in [0.3, 0.4) is 0 Å². The van der Waals surface area contributed by atoms with Crippen molar-refractivity contribution in [3.8, 4) is 17.0 Å². The number of nitrogens with zero attached hydrogens (tertiary/aromatic N) is 3. The third kappa shape index (κ3) is 4.39. The van der Waals surface area contributed by atoms with Gasteiger partial charge in [0.1, 0.15) is 17.7 Å². The van der Waals surface area contributed by atoms with Crippen molar-refractivity contribution in [1.82, 2.24) is 15.1 Å². The number of hydrogen-bond donors (Lipinski definition) is 0. The Kier molecular flexibility index (Phi) is 5.35. The maximum Gasteiger partial charge on any atom is 0.264 e. The van der Waals surface area contributed by atoms with Gasteiger partial charge in [-0.25, -0.2) is 4.39 Å². The lowest BCUT2D eigenvalue weighted by Gasteiger charge is -2.06. The Hall–Kier alpha value is -2.80. The monoisotopic (exact) mass is 343 g/mol. The average molecular weight is 343 g/mol. The van der Waals surface area contributed by atoms with Gasteiger partial charge in [-0.3, -0.25) is 4.98 Å². The molecule has 1 atom stereocenters. The first-order valence-electron chi connectivity index (χ1n) is 7.94. The summed E-state index contributed by atoms with van der Waals surface area (Å²) in [5.41, 5.74) is 1.30. The molecule has 2 aromatic heterocycles. The summed E-state index contributed by atoms with van der Waals surface area (Å²) in [6.45, 7) is 4.45. The highest BCUT2D eigenvalue weighted by molar-refractivity contribution is 5.60. The Balaban J connectivity index is 1.67. The molecule has 0 fully saturated rings. The second kappa shape index (κ2) is 7.85. The summed E-state index contributed by atoms with van der Waals surface area (Å²) in [6, 6.07) is 9.68. The number of aromatic nitrogens is 3. The van der Waals surface area contributed by atoms with Gasteiger partial charge in [0.05, 0.1) is 5.69 Å². The zero-order valence-electron chi connectivity index (χ0n) is 14.0. The fourth-order valence-corrected chi connectivity index (χ4v) is 2.27. The molecule has 0 amide bonds. The molecule has 2 heterocycles. The molecule has 0 saturated heterocycles. The average Bonchev–Trinajstić information content (AvgIpc) is 3.10. The summed E-state index contributed by atoms with van der Waals surface area (Å²) in [7, 11) is 0. The molecule has 0 aliphatic carbocycles. The number of rotatable bonds is 7. The summed E-state index contributed by atoms with van der Waals surface area (Å²) in [6.07, 6.45) is 1.37. The summed E-state index contributed by atoms with van der Waals surface area (Å²) in [5.74, 6) is 1.10. The van der Waals surface area contributed by atoms with E-state index in [4.69, 9.17) is 14.0 Å². The minimum atomic E-state index is -0.313. The van der Waals surface area contributed by atoms with Crippen LogP contribution in [0.1, 0.15) is 31.7 Å². The van der Waals surface area contributed by atoms with Crippen LogP contribution in [0.5, 0.6) is 5.75 Å². The number of pyridine rings is 1. The number of halogens is 1. The van der Waals surface area contributed by atoms with E-state index in [1.54, 1.807) is 30.5 Å². The third-order valence-corrected chi connectivity index (χ3v) is 3.48. The Morgan fingerprint density at radius 2 is 2.12 bits per heavy atom. The van der Waals surface area contributed by atoms with E-state index < -0.39 is 0 Å². The Bertz CT molecular complexity index is 838. The van der Waals surface area contributed by atoms with Crippen LogP contribution in [-0.4, -0.2) is 21.7 Å². The van der Waals surface area contributed by atoms with E-state index in [0.717, 1.165) is 0 Å². The molecule has 7 heteroatoms. The predicted octanol–water partition coefficient (Wildman–Crippen LogP) is 3.95. The fraction of sp³-hybridized carbons (Fsp3) is 0.278. The van der Waals surface area contributed by atoms with Gasteiger partial charge in [0, 0.05) is 24.4 Å². The SMILES string of the molecule is CCO[C@H](C)c1noc(COc2ccnc(-c3cccc(F)c3)c2)n1. The van der Waals surface area contributed by atoms with Crippen molar-refractivity contribution < 1.29 is 18.4 Å². The van der Waals surface area contributed by atoms with Gasteiger partial charge in [-0.05, 0) is 32.0 Å². The normalized spacial score (nSPS) is 12.1. The third-order valence-electron chi connectivity index (χ3n) is 3.48. The second-order valence-corrected chi connectivity index (χ2v) is 5.32. The Morgan fingerprint density at radius 3 is 2.92 bits per heavy atom. The van der Waals surface area contributed by atoms with E-state index in [1.165, 1.54) is 12.1 Å². The first-order chi connectivity index (χ1) is 12.2. The molecule has 3 aromatic rings. The zero-order chi connectivity index (χ0) is 17.6. The quantitative estimate of drug-likeness (QED) is 0.647. The molecule has 0 bridgehead atoms. The van der Waals surface area contributed by atoms with Crippen molar-refractivity contribution in [2.45, 2.75) is 26.6 Å². The van der Waals surface area contributed by atoms with Gasteiger partial charge in [0.25, 0.3) is 5.89 Å². The van der Waals surface area contributed by atoms with Crippen LogP contribution in [0.25, 0.3) is 11.3 Å².